The molecule has 0 aliphatic heterocycles. The zero-order valence-corrected chi connectivity index (χ0v) is 16.0. The third-order valence-corrected chi connectivity index (χ3v) is 4.36. The molecule has 1 aromatic carbocycles. The molecule has 0 unspecified atom stereocenters. The number of furan rings is 1. The summed E-state index contributed by atoms with van der Waals surface area (Å²) in [5.74, 6) is 0.231. The number of nitrogens with one attached hydrogen (secondary N) is 1. The monoisotopic (exact) mass is 379 g/mol. The van der Waals surface area contributed by atoms with Gasteiger partial charge in [0.2, 0.25) is 5.43 Å². The van der Waals surface area contributed by atoms with Crippen molar-refractivity contribution in [1.29, 1.82) is 0 Å². The van der Waals surface area contributed by atoms with Gasteiger partial charge in [-0.3, -0.25) is 9.59 Å². The van der Waals surface area contributed by atoms with E-state index in [1.165, 1.54) is 0 Å². The average Bonchev–Trinajstić information content (AvgIpc) is 3.26. The van der Waals surface area contributed by atoms with E-state index in [1.54, 1.807) is 36.6 Å². The first-order valence-electron chi connectivity index (χ1n) is 9.15. The van der Waals surface area contributed by atoms with Crippen molar-refractivity contribution in [2.45, 2.75) is 39.2 Å². The van der Waals surface area contributed by atoms with Crippen LogP contribution in [-0.2, 0) is 16.0 Å². The van der Waals surface area contributed by atoms with Gasteiger partial charge in [0.1, 0.15) is 11.2 Å². The summed E-state index contributed by atoms with van der Waals surface area (Å²) < 4.78 is 16.9. The van der Waals surface area contributed by atoms with Crippen LogP contribution in [-0.4, -0.2) is 16.6 Å². The van der Waals surface area contributed by atoms with Gasteiger partial charge in [-0.15, -0.1) is 0 Å². The normalized spacial score (nSPS) is 12.0. The van der Waals surface area contributed by atoms with Crippen LogP contribution in [0.3, 0.4) is 0 Å². The van der Waals surface area contributed by atoms with Gasteiger partial charge < -0.3 is 18.6 Å². The molecule has 0 aliphatic rings. The van der Waals surface area contributed by atoms with Crippen LogP contribution < -0.4 is 5.43 Å². The molecule has 0 spiro atoms. The highest BCUT2D eigenvalue weighted by Crippen LogP contribution is 2.32. The van der Waals surface area contributed by atoms with Crippen LogP contribution in [0.2, 0.25) is 0 Å². The van der Waals surface area contributed by atoms with Crippen LogP contribution in [0.5, 0.6) is 0 Å². The molecule has 0 aliphatic carbocycles. The van der Waals surface area contributed by atoms with Crippen molar-refractivity contribution in [3.05, 3.63) is 58.6 Å². The number of aromatic nitrogens is 1. The standard InChI is InChI=1S/C22H21NO5/c1-22(2,3)28-17(24)11-10-14-21-18(19(23-14)16-9-6-12-26-16)20(25)13-7-4-5-8-15(13)27-21/h4-9,12,23H,10-11H2,1-3H3. The second-order valence-corrected chi connectivity index (χ2v) is 7.67. The molecule has 0 fully saturated rings. The molecular weight excluding hydrogens is 358 g/mol. The molecule has 4 aromatic rings. The fourth-order valence-electron chi connectivity index (χ4n) is 3.25. The summed E-state index contributed by atoms with van der Waals surface area (Å²) in [6.45, 7) is 5.49. The van der Waals surface area contributed by atoms with Crippen molar-refractivity contribution in [1.82, 2.24) is 4.98 Å². The smallest absolute Gasteiger partial charge is 0.306 e. The average molecular weight is 379 g/mol. The second kappa shape index (κ2) is 6.71. The number of fused-ring (bicyclic) bond motifs is 2. The number of ether oxygens (including phenoxy) is 1. The van der Waals surface area contributed by atoms with E-state index in [0.717, 1.165) is 0 Å². The Morgan fingerprint density at radius 3 is 2.64 bits per heavy atom. The number of carbonyl (C=O) groups is 1. The van der Waals surface area contributed by atoms with Crippen LogP contribution in [0.15, 0.2) is 56.3 Å². The van der Waals surface area contributed by atoms with Crippen LogP contribution in [0.1, 0.15) is 32.9 Å². The quantitative estimate of drug-likeness (QED) is 0.514. The SMILES string of the molecule is CC(C)(C)OC(=O)CCc1[nH]c(-c2ccco2)c2c(=O)c3ccccc3oc12. The summed E-state index contributed by atoms with van der Waals surface area (Å²) in [6.07, 6.45) is 2.07. The van der Waals surface area contributed by atoms with Crippen molar-refractivity contribution in [3.8, 4) is 11.5 Å². The predicted octanol–water partition coefficient (Wildman–Crippen LogP) is 4.81. The highest BCUT2D eigenvalue weighted by Gasteiger charge is 2.22. The van der Waals surface area contributed by atoms with E-state index >= 15 is 0 Å². The molecule has 28 heavy (non-hydrogen) atoms. The molecule has 6 heteroatoms. The maximum atomic E-state index is 13.1. The number of hydrogen-bond donors (Lipinski definition) is 1. The summed E-state index contributed by atoms with van der Waals surface area (Å²) in [4.78, 5) is 28.5. The van der Waals surface area contributed by atoms with Crippen LogP contribution >= 0.6 is 0 Å². The van der Waals surface area contributed by atoms with Gasteiger partial charge in [0.05, 0.1) is 34.8 Å². The Kier molecular flexibility index (Phi) is 4.34. The second-order valence-electron chi connectivity index (χ2n) is 7.67. The van der Waals surface area contributed by atoms with Gasteiger partial charge in [-0.2, -0.15) is 0 Å². The predicted molar refractivity (Wildman–Crippen MR) is 106 cm³/mol. The summed E-state index contributed by atoms with van der Waals surface area (Å²) >= 11 is 0. The number of para-hydroxylation sites is 1. The summed E-state index contributed by atoms with van der Waals surface area (Å²) in [5, 5.41) is 0.924. The molecule has 0 saturated heterocycles. The Hall–Kier alpha value is -3.28. The van der Waals surface area contributed by atoms with Crippen LogP contribution in [0.25, 0.3) is 33.4 Å². The molecule has 6 nitrogen and oxygen atoms in total. The van der Waals surface area contributed by atoms with E-state index in [2.05, 4.69) is 4.98 Å². The Balaban J connectivity index is 1.83. The molecule has 0 amide bonds. The number of esters is 1. The molecule has 1 N–H and O–H groups in total. The van der Waals surface area contributed by atoms with E-state index in [1.807, 2.05) is 26.8 Å². The lowest BCUT2D eigenvalue weighted by Crippen LogP contribution is -2.24. The Labute approximate surface area is 161 Å². The van der Waals surface area contributed by atoms with Crippen molar-refractivity contribution in [2.24, 2.45) is 0 Å². The van der Waals surface area contributed by atoms with Gasteiger partial charge in [0.15, 0.2) is 11.3 Å². The lowest BCUT2D eigenvalue weighted by atomic mass is 10.1. The molecule has 0 bridgehead atoms. The van der Waals surface area contributed by atoms with Crippen LogP contribution in [0, 0.1) is 0 Å². The number of H-pyrrole nitrogens is 1. The van der Waals surface area contributed by atoms with Gasteiger partial charge in [0.25, 0.3) is 0 Å². The topological polar surface area (TPSA) is 85.4 Å². The Bertz CT molecular complexity index is 1210. The molecule has 3 aromatic heterocycles. The van der Waals surface area contributed by atoms with Crippen molar-refractivity contribution < 1.29 is 18.4 Å². The molecular formula is C22H21NO5. The number of benzene rings is 1. The summed E-state index contributed by atoms with van der Waals surface area (Å²) in [6, 6.07) is 10.6. The molecule has 0 radical (unpaired) electrons. The first-order valence-corrected chi connectivity index (χ1v) is 9.15. The minimum absolute atomic E-state index is 0.136. The van der Waals surface area contributed by atoms with Gasteiger partial charge >= 0.3 is 5.97 Å². The zero-order chi connectivity index (χ0) is 19.9. The molecule has 3 heterocycles. The third kappa shape index (κ3) is 3.33. The number of hydrogen-bond acceptors (Lipinski definition) is 5. The number of aryl methyl sites for hydroxylation is 1. The maximum Gasteiger partial charge on any atom is 0.306 e. The van der Waals surface area contributed by atoms with Crippen molar-refractivity contribution in [3.63, 3.8) is 0 Å². The lowest BCUT2D eigenvalue weighted by Gasteiger charge is -2.19. The van der Waals surface area contributed by atoms with Crippen LogP contribution in [0.4, 0.5) is 0 Å². The highest BCUT2D eigenvalue weighted by molar-refractivity contribution is 5.99. The summed E-state index contributed by atoms with van der Waals surface area (Å²) in [7, 11) is 0. The van der Waals surface area contributed by atoms with Gasteiger partial charge in [-0.25, -0.2) is 0 Å². The van der Waals surface area contributed by atoms with E-state index in [-0.39, 0.29) is 17.8 Å². The van der Waals surface area contributed by atoms with E-state index in [0.29, 0.717) is 45.5 Å². The van der Waals surface area contributed by atoms with Gasteiger partial charge in [-0.1, -0.05) is 12.1 Å². The van der Waals surface area contributed by atoms with Gasteiger partial charge in [0, 0.05) is 6.42 Å². The van der Waals surface area contributed by atoms with Crippen molar-refractivity contribution >= 4 is 27.9 Å². The highest BCUT2D eigenvalue weighted by atomic mass is 16.6. The number of rotatable bonds is 4. The van der Waals surface area contributed by atoms with E-state index in [4.69, 9.17) is 13.6 Å². The number of aromatic amines is 1. The first-order chi connectivity index (χ1) is 13.3. The molecule has 4 rings (SSSR count). The fraction of sp³-hybridized carbons (Fsp3) is 0.273. The van der Waals surface area contributed by atoms with Crippen molar-refractivity contribution in [2.75, 3.05) is 0 Å². The largest absolute Gasteiger partial charge is 0.463 e. The summed E-state index contributed by atoms with van der Waals surface area (Å²) in [5.41, 5.74) is 1.48. The van der Waals surface area contributed by atoms with E-state index in [9.17, 15) is 9.59 Å². The molecule has 0 atom stereocenters. The molecule has 144 valence electrons. The Morgan fingerprint density at radius 1 is 1.14 bits per heavy atom. The number of carbonyl (C=O) groups excluding carboxylic acids is 1. The lowest BCUT2D eigenvalue weighted by molar-refractivity contribution is -0.154. The first kappa shape index (κ1) is 18.1. The maximum absolute atomic E-state index is 13.1. The minimum atomic E-state index is -0.545. The third-order valence-electron chi connectivity index (χ3n) is 4.36. The van der Waals surface area contributed by atoms with E-state index < -0.39 is 5.60 Å². The van der Waals surface area contributed by atoms with Gasteiger partial charge in [-0.05, 0) is 45.0 Å². The fourth-order valence-corrected chi connectivity index (χ4v) is 3.25. The zero-order valence-electron chi connectivity index (χ0n) is 16.0. The Morgan fingerprint density at radius 2 is 1.93 bits per heavy atom. The molecule has 0 saturated carbocycles. The minimum Gasteiger partial charge on any atom is -0.463 e.